The van der Waals surface area contributed by atoms with Crippen molar-refractivity contribution >= 4 is 21.6 Å². The summed E-state index contributed by atoms with van der Waals surface area (Å²) in [5.74, 6) is 1.22. The van der Waals surface area contributed by atoms with E-state index in [-0.39, 0.29) is 16.7 Å². The number of amides is 1. The molecule has 0 aliphatic carbocycles. The predicted octanol–water partition coefficient (Wildman–Crippen LogP) is -0.333. The highest BCUT2D eigenvalue weighted by Gasteiger charge is 2.42. The third-order valence-corrected chi connectivity index (χ3v) is 4.89. The van der Waals surface area contributed by atoms with Gasteiger partial charge in [0, 0.05) is 38.0 Å². The van der Waals surface area contributed by atoms with Crippen LogP contribution in [0.3, 0.4) is 0 Å². The molecule has 1 aromatic heterocycles. The number of carbonyl (C=O) groups is 1. The summed E-state index contributed by atoms with van der Waals surface area (Å²) in [6, 6.07) is 3.27. The monoisotopic (exact) mass is 281 g/mol. The van der Waals surface area contributed by atoms with Crippen LogP contribution < -0.4 is 10.2 Å². The third-order valence-electron chi connectivity index (χ3n) is 3.79. The number of nitrogens with one attached hydrogen (secondary N) is 1. The summed E-state index contributed by atoms with van der Waals surface area (Å²) >= 11 is 0. The smallest absolute Gasteiger partial charge is 0.225 e. The SMILES string of the molecule is CS(=O)(=O)c1ccc(N2C[C@@H]3CNC(=O)[C@@H]3C2)nc1. The van der Waals surface area contributed by atoms with Crippen molar-refractivity contribution in [2.45, 2.75) is 4.90 Å². The van der Waals surface area contributed by atoms with Crippen LogP contribution in [0.1, 0.15) is 0 Å². The molecule has 3 heterocycles. The topological polar surface area (TPSA) is 79.4 Å². The quantitative estimate of drug-likeness (QED) is 0.803. The first-order chi connectivity index (χ1) is 8.95. The number of aromatic nitrogens is 1. The minimum Gasteiger partial charge on any atom is -0.355 e. The highest BCUT2D eigenvalue weighted by atomic mass is 32.2. The van der Waals surface area contributed by atoms with E-state index in [0.717, 1.165) is 25.2 Å². The van der Waals surface area contributed by atoms with Crippen LogP contribution in [0.4, 0.5) is 5.82 Å². The number of hydrogen-bond donors (Lipinski definition) is 1. The number of anilines is 1. The minimum absolute atomic E-state index is 0.0383. The van der Waals surface area contributed by atoms with E-state index in [2.05, 4.69) is 10.3 Å². The van der Waals surface area contributed by atoms with E-state index in [9.17, 15) is 13.2 Å². The molecule has 2 fully saturated rings. The number of pyridine rings is 1. The molecule has 0 spiro atoms. The summed E-state index contributed by atoms with van der Waals surface area (Å²) in [4.78, 5) is 18.0. The van der Waals surface area contributed by atoms with Gasteiger partial charge in [0.25, 0.3) is 0 Å². The molecule has 102 valence electrons. The molecule has 2 aliphatic heterocycles. The van der Waals surface area contributed by atoms with Gasteiger partial charge in [-0.2, -0.15) is 0 Å². The Hall–Kier alpha value is -1.63. The van der Waals surface area contributed by atoms with Gasteiger partial charge in [0.1, 0.15) is 5.82 Å². The number of rotatable bonds is 2. The minimum atomic E-state index is -3.21. The molecule has 6 nitrogen and oxygen atoms in total. The molecular formula is C12H15N3O3S. The van der Waals surface area contributed by atoms with Gasteiger partial charge in [0.2, 0.25) is 5.91 Å². The van der Waals surface area contributed by atoms with Crippen LogP contribution in [0.15, 0.2) is 23.2 Å². The van der Waals surface area contributed by atoms with Crippen LogP contribution in [0.25, 0.3) is 0 Å². The maximum Gasteiger partial charge on any atom is 0.225 e. The summed E-state index contributed by atoms with van der Waals surface area (Å²) < 4.78 is 22.7. The van der Waals surface area contributed by atoms with E-state index in [4.69, 9.17) is 0 Å². The predicted molar refractivity (Wildman–Crippen MR) is 69.5 cm³/mol. The molecule has 1 amide bonds. The summed E-state index contributed by atoms with van der Waals surface area (Å²) in [6.45, 7) is 2.16. The van der Waals surface area contributed by atoms with E-state index in [1.54, 1.807) is 12.1 Å². The molecule has 0 saturated carbocycles. The first kappa shape index (κ1) is 12.4. The average Bonchev–Trinajstić information content (AvgIpc) is 2.91. The standard InChI is InChI=1S/C12H15N3O3S/c1-19(17,18)9-2-3-11(13-5-9)15-6-8-4-14-12(16)10(8)7-15/h2-3,5,8,10H,4,6-7H2,1H3,(H,14,16)/t8-,10+/m0/s1. The zero-order valence-electron chi connectivity index (χ0n) is 10.5. The van der Waals surface area contributed by atoms with Gasteiger partial charge >= 0.3 is 0 Å². The Labute approximate surface area is 111 Å². The molecule has 3 rings (SSSR count). The van der Waals surface area contributed by atoms with Gasteiger partial charge in [-0.25, -0.2) is 13.4 Å². The normalized spacial score (nSPS) is 26.4. The molecule has 1 aromatic rings. The van der Waals surface area contributed by atoms with Crippen LogP contribution in [0, 0.1) is 11.8 Å². The van der Waals surface area contributed by atoms with Gasteiger partial charge in [-0.15, -0.1) is 0 Å². The zero-order chi connectivity index (χ0) is 13.6. The number of hydrogen-bond acceptors (Lipinski definition) is 5. The fourth-order valence-electron chi connectivity index (χ4n) is 2.70. The number of carbonyl (C=O) groups excluding carboxylic acids is 1. The highest BCUT2D eigenvalue weighted by Crippen LogP contribution is 2.30. The largest absolute Gasteiger partial charge is 0.355 e. The Bertz CT molecular complexity index is 612. The summed E-state index contributed by atoms with van der Waals surface area (Å²) in [5, 5.41) is 2.86. The maximum absolute atomic E-state index is 11.6. The van der Waals surface area contributed by atoms with Crippen molar-refractivity contribution < 1.29 is 13.2 Å². The summed E-state index contributed by atoms with van der Waals surface area (Å²) in [7, 11) is -3.21. The van der Waals surface area contributed by atoms with Crippen LogP contribution in [0.2, 0.25) is 0 Å². The van der Waals surface area contributed by atoms with E-state index < -0.39 is 9.84 Å². The lowest BCUT2D eigenvalue weighted by molar-refractivity contribution is -0.122. The highest BCUT2D eigenvalue weighted by molar-refractivity contribution is 7.90. The molecule has 0 bridgehead atoms. The average molecular weight is 281 g/mol. The van der Waals surface area contributed by atoms with Crippen molar-refractivity contribution in [2.75, 3.05) is 30.8 Å². The molecule has 2 atom stereocenters. The van der Waals surface area contributed by atoms with Crippen molar-refractivity contribution in [3.05, 3.63) is 18.3 Å². The molecule has 7 heteroatoms. The van der Waals surface area contributed by atoms with Gasteiger partial charge in [-0.1, -0.05) is 0 Å². The fourth-order valence-corrected chi connectivity index (χ4v) is 3.26. The van der Waals surface area contributed by atoms with E-state index in [0.29, 0.717) is 12.5 Å². The molecule has 0 unspecified atom stereocenters. The second-order valence-corrected chi connectivity index (χ2v) is 7.16. The Balaban J connectivity index is 1.79. The molecule has 2 saturated heterocycles. The summed E-state index contributed by atoms with van der Waals surface area (Å²) in [6.07, 6.45) is 2.53. The first-order valence-corrected chi connectivity index (χ1v) is 8.03. The zero-order valence-corrected chi connectivity index (χ0v) is 11.4. The van der Waals surface area contributed by atoms with E-state index >= 15 is 0 Å². The lowest BCUT2D eigenvalue weighted by atomic mass is 10.0. The van der Waals surface area contributed by atoms with Crippen LogP contribution in [-0.2, 0) is 14.6 Å². The Morgan fingerprint density at radius 2 is 2.16 bits per heavy atom. The van der Waals surface area contributed by atoms with Gasteiger partial charge in [0.05, 0.1) is 10.8 Å². The summed E-state index contributed by atoms with van der Waals surface area (Å²) in [5.41, 5.74) is 0. The number of nitrogens with zero attached hydrogens (tertiary/aromatic N) is 2. The van der Waals surface area contributed by atoms with Gasteiger partial charge in [-0.3, -0.25) is 4.79 Å². The van der Waals surface area contributed by atoms with Gasteiger partial charge in [0.15, 0.2) is 9.84 Å². The molecule has 0 aromatic carbocycles. The molecule has 19 heavy (non-hydrogen) atoms. The molecular weight excluding hydrogens is 266 g/mol. The lowest BCUT2D eigenvalue weighted by Gasteiger charge is -2.18. The second kappa shape index (κ2) is 4.19. The van der Waals surface area contributed by atoms with Crippen LogP contribution in [0.5, 0.6) is 0 Å². The van der Waals surface area contributed by atoms with Crippen molar-refractivity contribution in [1.82, 2.24) is 10.3 Å². The van der Waals surface area contributed by atoms with Crippen molar-refractivity contribution in [3.8, 4) is 0 Å². The van der Waals surface area contributed by atoms with Crippen LogP contribution >= 0.6 is 0 Å². The third kappa shape index (κ3) is 2.18. The second-order valence-electron chi connectivity index (χ2n) is 5.14. The Kier molecular flexibility index (Phi) is 2.74. The molecule has 1 N–H and O–H groups in total. The number of sulfone groups is 1. The Morgan fingerprint density at radius 3 is 2.74 bits per heavy atom. The van der Waals surface area contributed by atoms with Crippen molar-refractivity contribution in [2.24, 2.45) is 11.8 Å². The first-order valence-electron chi connectivity index (χ1n) is 6.14. The van der Waals surface area contributed by atoms with Gasteiger partial charge in [-0.05, 0) is 12.1 Å². The maximum atomic E-state index is 11.6. The number of fused-ring (bicyclic) bond motifs is 1. The Morgan fingerprint density at radius 1 is 1.37 bits per heavy atom. The fraction of sp³-hybridized carbons (Fsp3) is 0.500. The molecule has 2 aliphatic rings. The van der Waals surface area contributed by atoms with E-state index in [1.165, 1.54) is 6.20 Å². The van der Waals surface area contributed by atoms with Gasteiger partial charge < -0.3 is 10.2 Å². The van der Waals surface area contributed by atoms with Crippen molar-refractivity contribution in [3.63, 3.8) is 0 Å². The lowest BCUT2D eigenvalue weighted by Crippen LogP contribution is -2.29. The van der Waals surface area contributed by atoms with Crippen molar-refractivity contribution in [1.29, 1.82) is 0 Å². The molecule has 0 radical (unpaired) electrons. The van der Waals surface area contributed by atoms with Crippen LogP contribution in [-0.4, -0.2) is 45.2 Å². The van der Waals surface area contributed by atoms with E-state index in [1.807, 2.05) is 4.90 Å².